The van der Waals surface area contributed by atoms with E-state index in [0.717, 1.165) is 12.0 Å². The molecule has 1 amide bonds. The number of halogens is 1. The van der Waals surface area contributed by atoms with Crippen molar-refractivity contribution in [2.45, 2.75) is 19.1 Å². The summed E-state index contributed by atoms with van der Waals surface area (Å²) in [6.07, 6.45) is 0.912. The number of carbonyl (C=O) groups is 1. The number of rotatable bonds is 7. The molecule has 0 spiro atoms. The van der Waals surface area contributed by atoms with Crippen LogP contribution in [0.25, 0.3) is 0 Å². The average Bonchev–Trinajstić information content (AvgIpc) is 2.38. The molecule has 1 aromatic carbocycles. The maximum atomic E-state index is 11.4. The molecule has 7 heteroatoms. The van der Waals surface area contributed by atoms with Crippen molar-refractivity contribution in [1.82, 2.24) is 5.32 Å². The van der Waals surface area contributed by atoms with Gasteiger partial charge in [-0.05, 0) is 34.0 Å². The van der Waals surface area contributed by atoms with Gasteiger partial charge in [-0.15, -0.1) is 11.8 Å². The highest BCUT2D eigenvalue weighted by molar-refractivity contribution is 9.10. The number of hydrogen-bond donors (Lipinski definition) is 1. The zero-order valence-corrected chi connectivity index (χ0v) is 12.9. The minimum absolute atomic E-state index is 0.00142. The summed E-state index contributed by atoms with van der Waals surface area (Å²) in [7, 11) is 0. The van der Waals surface area contributed by atoms with Crippen LogP contribution in [0.1, 0.15) is 18.9 Å². The van der Waals surface area contributed by atoms with E-state index < -0.39 is 4.92 Å². The van der Waals surface area contributed by atoms with Gasteiger partial charge in [0.2, 0.25) is 5.91 Å². The lowest BCUT2D eigenvalue weighted by Gasteiger charge is -2.04. The number of hydrogen-bond acceptors (Lipinski definition) is 4. The van der Waals surface area contributed by atoms with Gasteiger partial charge in [0.25, 0.3) is 5.69 Å². The van der Waals surface area contributed by atoms with Crippen LogP contribution in [-0.4, -0.2) is 23.1 Å². The number of nitro groups is 1. The molecule has 19 heavy (non-hydrogen) atoms. The van der Waals surface area contributed by atoms with E-state index in [9.17, 15) is 14.9 Å². The highest BCUT2D eigenvalue weighted by Gasteiger charge is 2.12. The summed E-state index contributed by atoms with van der Waals surface area (Å²) in [6.45, 7) is 2.68. The highest BCUT2D eigenvalue weighted by atomic mass is 79.9. The SMILES string of the molecule is CCCNC(=O)CSCc1ccc(Br)c([N+](=O)[O-])c1. The number of benzene rings is 1. The third-order valence-electron chi connectivity index (χ3n) is 2.28. The smallest absolute Gasteiger partial charge is 0.283 e. The molecule has 0 aliphatic rings. The van der Waals surface area contributed by atoms with Crippen LogP contribution in [0.2, 0.25) is 0 Å². The molecular formula is C12H15BrN2O3S. The topological polar surface area (TPSA) is 72.2 Å². The maximum absolute atomic E-state index is 11.4. The molecule has 1 rings (SSSR count). The number of nitrogens with one attached hydrogen (secondary N) is 1. The molecule has 0 aliphatic carbocycles. The number of nitrogens with zero attached hydrogens (tertiary/aromatic N) is 1. The summed E-state index contributed by atoms with van der Waals surface area (Å²) >= 11 is 4.58. The second-order valence-electron chi connectivity index (χ2n) is 3.89. The summed E-state index contributed by atoms with van der Waals surface area (Å²) in [6, 6.07) is 5.00. The van der Waals surface area contributed by atoms with Crippen LogP contribution in [0.5, 0.6) is 0 Å². The number of thioether (sulfide) groups is 1. The average molecular weight is 347 g/mol. The first-order valence-corrected chi connectivity index (χ1v) is 7.76. The van der Waals surface area contributed by atoms with Gasteiger partial charge in [-0.2, -0.15) is 0 Å². The van der Waals surface area contributed by atoms with E-state index in [1.54, 1.807) is 6.07 Å². The van der Waals surface area contributed by atoms with Crippen molar-refractivity contribution < 1.29 is 9.72 Å². The fourth-order valence-corrected chi connectivity index (χ4v) is 2.56. The van der Waals surface area contributed by atoms with E-state index >= 15 is 0 Å². The molecule has 0 bridgehead atoms. The summed E-state index contributed by atoms with van der Waals surface area (Å²) in [4.78, 5) is 21.7. The van der Waals surface area contributed by atoms with Crippen molar-refractivity contribution in [3.05, 3.63) is 38.3 Å². The van der Waals surface area contributed by atoms with Crippen LogP contribution < -0.4 is 5.32 Å². The van der Waals surface area contributed by atoms with E-state index in [1.807, 2.05) is 13.0 Å². The lowest BCUT2D eigenvalue weighted by molar-refractivity contribution is -0.385. The molecule has 0 fully saturated rings. The van der Waals surface area contributed by atoms with Gasteiger partial charge < -0.3 is 5.32 Å². The fraction of sp³-hybridized carbons (Fsp3) is 0.417. The van der Waals surface area contributed by atoms with E-state index in [4.69, 9.17) is 0 Å². The van der Waals surface area contributed by atoms with Crippen LogP contribution in [0.3, 0.4) is 0 Å². The van der Waals surface area contributed by atoms with Gasteiger partial charge in [-0.25, -0.2) is 0 Å². The Kier molecular flexibility index (Phi) is 6.86. The molecule has 1 aromatic rings. The Labute approximate surface area is 124 Å². The first-order valence-electron chi connectivity index (χ1n) is 5.82. The zero-order chi connectivity index (χ0) is 14.3. The monoisotopic (exact) mass is 346 g/mol. The quantitative estimate of drug-likeness (QED) is 0.608. The third kappa shape index (κ3) is 5.61. The van der Waals surface area contributed by atoms with Crippen molar-refractivity contribution in [3.8, 4) is 0 Å². The minimum atomic E-state index is -0.424. The molecule has 0 unspecified atom stereocenters. The highest BCUT2D eigenvalue weighted by Crippen LogP contribution is 2.27. The van der Waals surface area contributed by atoms with Crippen LogP contribution in [0.4, 0.5) is 5.69 Å². The van der Waals surface area contributed by atoms with E-state index in [2.05, 4.69) is 21.2 Å². The molecular weight excluding hydrogens is 332 g/mol. The van der Waals surface area contributed by atoms with Crippen LogP contribution in [0.15, 0.2) is 22.7 Å². The lowest BCUT2D eigenvalue weighted by Crippen LogP contribution is -2.25. The Balaban J connectivity index is 2.48. The molecule has 104 valence electrons. The second-order valence-corrected chi connectivity index (χ2v) is 5.73. The predicted octanol–water partition coefficient (Wildman–Crippen LogP) is 3.12. The molecule has 0 saturated heterocycles. The Hall–Kier alpha value is -1.08. The fourth-order valence-electron chi connectivity index (χ4n) is 1.36. The summed E-state index contributed by atoms with van der Waals surface area (Å²) in [5.74, 6) is 0.941. The third-order valence-corrected chi connectivity index (χ3v) is 3.96. The van der Waals surface area contributed by atoms with Gasteiger partial charge in [-0.1, -0.05) is 13.0 Å². The molecule has 0 aliphatic heterocycles. The van der Waals surface area contributed by atoms with Crippen LogP contribution >= 0.6 is 27.7 Å². The number of nitro benzene ring substituents is 1. The molecule has 0 saturated carbocycles. The summed E-state index contributed by atoms with van der Waals surface area (Å²) in [5, 5.41) is 13.6. The lowest BCUT2D eigenvalue weighted by atomic mass is 10.2. The van der Waals surface area contributed by atoms with Crippen molar-refractivity contribution >= 4 is 39.3 Å². The van der Waals surface area contributed by atoms with E-state index in [0.29, 0.717) is 22.5 Å². The van der Waals surface area contributed by atoms with Crippen molar-refractivity contribution in [2.24, 2.45) is 0 Å². The summed E-state index contributed by atoms with van der Waals surface area (Å²) < 4.78 is 0.465. The Bertz CT molecular complexity index is 468. The molecule has 0 heterocycles. The Morgan fingerprint density at radius 3 is 2.89 bits per heavy atom. The van der Waals surface area contributed by atoms with Gasteiger partial charge in [0.05, 0.1) is 15.1 Å². The molecule has 0 aromatic heterocycles. The largest absolute Gasteiger partial charge is 0.355 e. The standard InChI is InChI=1S/C12H15BrN2O3S/c1-2-5-14-12(16)8-19-7-9-3-4-10(13)11(6-9)15(17)18/h3-4,6H,2,5,7-8H2,1H3,(H,14,16). The van der Waals surface area contributed by atoms with Crippen molar-refractivity contribution in [3.63, 3.8) is 0 Å². The van der Waals surface area contributed by atoms with Gasteiger partial charge in [0.15, 0.2) is 0 Å². The maximum Gasteiger partial charge on any atom is 0.283 e. The first-order chi connectivity index (χ1) is 9.04. The Morgan fingerprint density at radius 1 is 1.53 bits per heavy atom. The van der Waals surface area contributed by atoms with Gasteiger partial charge >= 0.3 is 0 Å². The van der Waals surface area contributed by atoms with Crippen molar-refractivity contribution in [2.75, 3.05) is 12.3 Å². The first kappa shape index (κ1) is 16.0. The van der Waals surface area contributed by atoms with E-state index in [-0.39, 0.29) is 11.6 Å². The van der Waals surface area contributed by atoms with Crippen LogP contribution in [-0.2, 0) is 10.5 Å². The van der Waals surface area contributed by atoms with Gasteiger partial charge in [0, 0.05) is 18.4 Å². The van der Waals surface area contributed by atoms with Gasteiger partial charge in [-0.3, -0.25) is 14.9 Å². The predicted molar refractivity (Wildman–Crippen MR) is 80.3 cm³/mol. The summed E-state index contributed by atoms with van der Waals surface area (Å²) in [5.41, 5.74) is 0.886. The number of carbonyl (C=O) groups excluding carboxylic acids is 1. The Morgan fingerprint density at radius 2 is 2.26 bits per heavy atom. The van der Waals surface area contributed by atoms with Gasteiger partial charge in [0.1, 0.15) is 0 Å². The number of amides is 1. The zero-order valence-electron chi connectivity index (χ0n) is 10.5. The molecule has 5 nitrogen and oxygen atoms in total. The normalized spacial score (nSPS) is 10.2. The molecule has 0 atom stereocenters. The van der Waals surface area contributed by atoms with Crippen molar-refractivity contribution in [1.29, 1.82) is 0 Å². The molecule has 1 N–H and O–H groups in total. The second kappa shape index (κ2) is 8.16. The molecule has 0 radical (unpaired) electrons. The van der Waals surface area contributed by atoms with E-state index in [1.165, 1.54) is 17.8 Å². The van der Waals surface area contributed by atoms with Crippen LogP contribution in [0, 0.1) is 10.1 Å². The minimum Gasteiger partial charge on any atom is -0.355 e.